The van der Waals surface area contributed by atoms with Crippen LogP contribution >= 0.6 is 0 Å². The molecule has 8 heteroatoms. The molecule has 2 aromatic rings. The third-order valence-corrected chi connectivity index (χ3v) is 5.46. The fraction of sp³-hybridized carbons (Fsp3) is 0.133. The number of nitrogens with zero attached hydrogens (tertiary/aromatic N) is 1. The van der Waals surface area contributed by atoms with Gasteiger partial charge in [-0.05, 0) is 30.2 Å². The van der Waals surface area contributed by atoms with Crippen LogP contribution in [0.5, 0.6) is 0 Å². The van der Waals surface area contributed by atoms with Gasteiger partial charge >= 0.3 is 5.97 Å². The second-order valence-corrected chi connectivity index (χ2v) is 6.89. The number of hydrogen-bond acceptors (Lipinski definition) is 3. The first-order valence-electron chi connectivity index (χ1n) is 6.65. The molecule has 0 spiro atoms. The number of sulfonamides is 1. The first-order valence-corrected chi connectivity index (χ1v) is 8.09. The van der Waals surface area contributed by atoms with Crippen molar-refractivity contribution in [1.29, 1.82) is 0 Å². The van der Waals surface area contributed by atoms with E-state index in [2.05, 4.69) is 0 Å². The molecular formula is C15H11F2NO4S. The van der Waals surface area contributed by atoms with E-state index in [1.54, 1.807) is 24.3 Å². The molecule has 0 unspecified atom stereocenters. The molecule has 23 heavy (non-hydrogen) atoms. The number of rotatable bonds is 3. The maximum atomic E-state index is 13.6. The maximum Gasteiger partial charge on any atom is 0.338 e. The van der Waals surface area contributed by atoms with Crippen LogP contribution < -0.4 is 4.31 Å². The monoisotopic (exact) mass is 339 g/mol. The van der Waals surface area contributed by atoms with Crippen molar-refractivity contribution in [3.63, 3.8) is 0 Å². The molecule has 0 aromatic heterocycles. The van der Waals surface area contributed by atoms with Crippen LogP contribution in [0.1, 0.15) is 15.9 Å². The third-order valence-electron chi connectivity index (χ3n) is 3.66. The molecule has 0 atom stereocenters. The minimum Gasteiger partial charge on any atom is -0.478 e. The van der Waals surface area contributed by atoms with E-state index in [9.17, 15) is 22.0 Å². The van der Waals surface area contributed by atoms with Crippen molar-refractivity contribution in [3.05, 3.63) is 59.2 Å². The lowest BCUT2D eigenvalue weighted by Crippen LogP contribution is -2.29. The van der Waals surface area contributed by atoms with Gasteiger partial charge < -0.3 is 5.11 Å². The number of carbonyl (C=O) groups is 1. The van der Waals surface area contributed by atoms with Gasteiger partial charge in [0, 0.05) is 6.54 Å². The molecule has 0 bridgehead atoms. The number of benzene rings is 2. The highest BCUT2D eigenvalue weighted by Gasteiger charge is 2.32. The summed E-state index contributed by atoms with van der Waals surface area (Å²) in [5, 5.41) is 8.89. The number of aromatic carboxylic acids is 1. The van der Waals surface area contributed by atoms with Crippen LogP contribution in [0.4, 0.5) is 14.5 Å². The summed E-state index contributed by atoms with van der Waals surface area (Å²) < 4.78 is 53.5. The van der Waals surface area contributed by atoms with Crippen molar-refractivity contribution in [1.82, 2.24) is 0 Å². The first-order chi connectivity index (χ1) is 10.8. The summed E-state index contributed by atoms with van der Waals surface area (Å²) in [6.07, 6.45) is 0.491. The summed E-state index contributed by atoms with van der Waals surface area (Å²) >= 11 is 0. The molecular weight excluding hydrogens is 328 g/mol. The van der Waals surface area contributed by atoms with Gasteiger partial charge in [-0.2, -0.15) is 0 Å². The van der Waals surface area contributed by atoms with Crippen molar-refractivity contribution in [2.24, 2.45) is 0 Å². The molecule has 0 radical (unpaired) electrons. The molecule has 5 nitrogen and oxygen atoms in total. The average Bonchev–Trinajstić information content (AvgIpc) is 2.94. The molecule has 1 heterocycles. The third kappa shape index (κ3) is 2.44. The summed E-state index contributed by atoms with van der Waals surface area (Å²) in [7, 11) is -4.18. The van der Waals surface area contributed by atoms with Crippen LogP contribution in [0, 0.1) is 11.6 Å². The van der Waals surface area contributed by atoms with E-state index < -0.39 is 38.1 Å². The van der Waals surface area contributed by atoms with Crippen molar-refractivity contribution < 1.29 is 27.1 Å². The minimum absolute atomic E-state index is 0.156. The van der Waals surface area contributed by atoms with Crippen LogP contribution in [0.25, 0.3) is 0 Å². The van der Waals surface area contributed by atoms with Crippen LogP contribution in [0.2, 0.25) is 0 Å². The molecule has 0 saturated heterocycles. The summed E-state index contributed by atoms with van der Waals surface area (Å²) in [6.45, 7) is 0.156. The van der Waals surface area contributed by atoms with E-state index >= 15 is 0 Å². The Bertz CT molecular complexity index is 912. The summed E-state index contributed by atoms with van der Waals surface area (Å²) in [5.41, 5.74) is 0.252. The molecule has 3 rings (SSSR count). The van der Waals surface area contributed by atoms with Gasteiger partial charge in [0.1, 0.15) is 0 Å². The second-order valence-electron chi connectivity index (χ2n) is 5.03. The molecule has 0 amide bonds. The Balaban J connectivity index is 2.14. The number of carboxylic acids is 1. The molecule has 0 saturated carbocycles. The Morgan fingerprint density at radius 2 is 1.87 bits per heavy atom. The number of halogens is 2. The van der Waals surface area contributed by atoms with Crippen molar-refractivity contribution in [2.45, 2.75) is 11.3 Å². The molecule has 1 aliphatic heterocycles. The molecule has 1 aliphatic rings. The summed E-state index contributed by atoms with van der Waals surface area (Å²) in [4.78, 5) is 10.4. The van der Waals surface area contributed by atoms with Crippen LogP contribution in [0.15, 0.2) is 41.3 Å². The van der Waals surface area contributed by atoms with E-state index in [0.29, 0.717) is 24.2 Å². The fourth-order valence-electron chi connectivity index (χ4n) is 2.55. The summed E-state index contributed by atoms with van der Waals surface area (Å²) in [6, 6.07) is 7.96. The van der Waals surface area contributed by atoms with E-state index in [0.717, 1.165) is 9.87 Å². The van der Waals surface area contributed by atoms with Gasteiger partial charge in [-0.15, -0.1) is 0 Å². The van der Waals surface area contributed by atoms with Crippen LogP contribution in [-0.4, -0.2) is 26.0 Å². The van der Waals surface area contributed by atoms with Gasteiger partial charge in [0.15, 0.2) is 11.6 Å². The SMILES string of the molecule is O=C(O)c1cc(S(=O)(=O)N2CCc3ccccc32)cc(F)c1F. The zero-order chi connectivity index (χ0) is 16.8. The minimum atomic E-state index is -4.18. The quantitative estimate of drug-likeness (QED) is 0.932. The zero-order valence-corrected chi connectivity index (χ0v) is 12.5. The molecule has 0 aliphatic carbocycles. The van der Waals surface area contributed by atoms with Gasteiger partial charge in [-0.1, -0.05) is 18.2 Å². The standard InChI is InChI=1S/C15H11F2NO4S/c16-12-8-10(7-11(14(12)17)15(19)20)23(21,22)18-6-5-9-3-1-2-4-13(9)18/h1-4,7-8H,5-6H2,(H,19,20). The largest absolute Gasteiger partial charge is 0.478 e. The van der Waals surface area contributed by atoms with Gasteiger partial charge in [0.25, 0.3) is 10.0 Å². The second kappa shape index (κ2) is 5.31. The maximum absolute atomic E-state index is 13.6. The normalized spacial score (nSPS) is 13.9. The highest BCUT2D eigenvalue weighted by Crippen LogP contribution is 2.33. The number of para-hydroxylation sites is 1. The topological polar surface area (TPSA) is 74.7 Å². The summed E-state index contributed by atoms with van der Waals surface area (Å²) in [5.74, 6) is -4.84. The lowest BCUT2D eigenvalue weighted by Gasteiger charge is -2.20. The smallest absolute Gasteiger partial charge is 0.338 e. The van der Waals surface area contributed by atoms with Crippen LogP contribution in [-0.2, 0) is 16.4 Å². The van der Waals surface area contributed by atoms with Gasteiger partial charge in [0.2, 0.25) is 0 Å². The average molecular weight is 339 g/mol. The van der Waals surface area contributed by atoms with Gasteiger partial charge in [-0.25, -0.2) is 22.0 Å². The van der Waals surface area contributed by atoms with Gasteiger partial charge in [0.05, 0.1) is 16.1 Å². The fourth-order valence-corrected chi connectivity index (χ4v) is 4.10. The molecule has 1 N–H and O–H groups in total. The Labute approximate surface area is 130 Å². The number of fused-ring (bicyclic) bond motifs is 1. The lowest BCUT2D eigenvalue weighted by molar-refractivity contribution is 0.0690. The first kappa shape index (κ1) is 15.4. The van der Waals surface area contributed by atoms with Crippen molar-refractivity contribution in [2.75, 3.05) is 10.8 Å². The number of anilines is 1. The Hall–Kier alpha value is -2.48. The Kier molecular flexibility index (Phi) is 3.56. The highest BCUT2D eigenvalue weighted by atomic mass is 32.2. The Morgan fingerprint density at radius 3 is 2.57 bits per heavy atom. The van der Waals surface area contributed by atoms with E-state index in [1.165, 1.54) is 0 Å². The molecule has 2 aromatic carbocycles. The van der Waals surface area contributed by atoms with E-state index in [-0.39, 0.29) is 6.54 Å². The van der Waals surface area contributed by atoms with Crippen molar-refractivity contribution in [3.8, 4) is 0 Å². The Morgan fingerprint density at radius 1 is 1.17 bits per heavy atom. The molecule has 120 valence electrons. The van der Waals surface area contributed by atoms with E-state index in [4.69, 9.17) is 5.11 Å². The highest BCUT2D eigenvalue weighted by molar-refractivity contribution is 7.92. The van der Waals surface area contributed by atoms with Crippen molar-refractivity contribution >= 4 is 21.7 Å². The van der Waals surface area contributed by atoms with Gasteiger partial charge in [-0.3, -0.25) is 4.31 Å². The number of carboxylic acid groups (broad SMARTS) is 1. The zero-order valence-electron chi connectivity index (χ0n) is 11.7. The predicted octanol–water partition coefficient (Wildman–Crippen LogP) is 2.41. The molecule has 0 fully saturated rings. The number of hydrogen-bond donors (Lipinski definition) is 1. The van der Waals surface area contributed by atoms with E-state index in [1.807, 2.05) is 0 Å². The van der Waals surface area contributed by atoms with Crippen LogP contribution in [0.3, 0.4) is 0 Å². The predicted molar refractivity (Wildman–Crippen MR) is 78.0 cm³/mol. The lowest BCUT2D eigenvalue weighted by atomic mass is 10.2.